The molecule has 0 spiro atoms. The van der Waals surface area contributed by atoms with Gasteiger partial charge in [0.15, 0.2) is 6.10 Å². The summed E-state index contributed by atoms with van der Waals surface area (Å²) in [5.74, 6) is -0.576. The van der Waals surface area contributed by atoms with Gasteiger partial charge in [-0.05, 0) is 30.5 Å². The van der Waals surface area contributed by atoms with Crippen LogP contribution in [-0.4, -0.2) is 24.3 Å². The van der Waals surface area contributed by atoms with E-state index in [0.29, 0.717) is 5.02 Å². The molecule has 1 N–H and O–H groups in total. The third-order valence-corrected chi connectivity index (χ3v) is 3.41. The zero-order chi connectivity index (χ0) is 11.8. The third kappa shape index (κ3) is 1.81. The number of benzene rings is 1. The Hall–Kier alpha value is -1.06. The number of carbonyl (C=O) groups excluding carboxylic acids is 1. The minimum Gasteiger partial charge on any atom is -0.467 e. The van der Waals surface area contributed by atoms with Gasteiger partial charge in [-0.1, -0.05) is 23.7 Å². The number of rotatable bonds is 3. The van der Waals surface area contributed by atoms with Gasteiger partial charge in [0, 0.05) is 10.4 Å². The number of hydrogen-bond acceptors (Lipinski definition) is 3. The van der Waals surface area contributed by atoms with Crippen LogP contribution in [-0.2, 0) is 14.9 Å². The zero-order valence-corrected chi connectivity index (χ0v) is 9.70. The summed E-state index contributed by atoms with van der Waals surface area (Å²) in [7, 11) is 1.28. The van der Waals surface area contributed by atoms with Crippen molar-refractivity contribution >= 4 is 17.6 Å². The molecule has 1 atom stereocenters. The summed E-state index contributed by atoms with van der Waals surface area (Å²) in [6.45, 7) is 0. The zero-order valence-electron chi connectivity index (χ0n) is 8.94. The largest absolute Gasteiger partial charge is 0.467 e. The first-order valence-corrected chi connectivity index (χ1v) is 5.50. The third-order valence-electron chi connectivity index (χ3n) is 3.16. The van der Waals surface area contributed by atoms with Gasteiger partial charge in [-0.15, -0.1) is 0 Å². The molecule has 86 valence electrons. The van der Waals surface area contributed by atoms with E-state index in [0.717, 1.165) is 18.4 Å². The molecule has 2 rings (SSSR count). The van der Waals surface area contributed by atoms with Crippen LogP contribution in [0.1, 0.15) is 18.4 Å². The molecule has 1 unspecified atom stereocenters. The number of ether oxygens (including phenoxy) is 1. The monoisotopic (exact) mass is 240 g/mol. The average Bonchev–Trinajstić information content (AvgIpc) is 3.09. The van der Waals surface area contributed by atoms with Crippen molar-refractivity contribution in [1.29, 1.82) is 0 Å². The first-order chi connectivity index (χ1) is 7.60. The molecule has 0 aliphatic heterocycles. The Morgan fingerprint density at radius 2 is 2.00 bits per heavy atom. The van der Waals surface area contributed by atoms with E-state index >= 15 is 0 Å². The Bertz CT molecular complexity index is 395. The number of aliphatic hydroxyl groups is 1. The fourth-order valence-corrected chi connectivity index (χ4v) is 2.10. The van der Waals surface area contributed by atoms with E-state index in [1.54, 1.807) is 12.1 Å². The fraction of sp³-hybridized carbons (Fsp3) is 0.417. The molecule has 0 saturated heterocycles. The van der Waals surface area contributed by atoms with Gasteiger partial charge >= 0.3 is 5.97 Å². The predicted molar refractivity (Wildman–Crippen MR) is 60.4 cm³/mol. The van der Waals surface area contributed by atoms with E-state index in [1.807, 2.05) is 12.1 Å². The maximum absolute atomic E-state index is 11.3. The molecule has 4 heteroatoms. The van der Waals surface area contributed by atoms with E-state index in [-0.39, 0.29) is 0 Å². The van der Waals surface area contributed by atoms with Gasteiger partial charge in [-0.3, -0.25) is 0 Å². The van der Waals surface area contributed by atoms with Crippen molar-refractivity contribution in [2.45, 2.75) is 24.4 Å². The van der Waals surface area contributed by atoms with E-state index in [1.165, 1.54) is 7.11 Å². The van der Waals surface area contributed by atoms with Crippen molar-refractivity contribution in [2.24, 2.45) is 0 Å². The first kappa shape index (κ1) is 11.4. The summed E-state index contributed by atoms with van der Waals surface area (Å²) < 4.78 is 4.57. The second kappa shape index (κ2) is 4.07. The SMILES string of the molecule is COC(=O)C(O)C1(c2ccc(Cl)cc2)CC1. The van der Waals surface area contributed by atoms with E-state index in [2.05, 4.69) is 4.74 Å². The van der Waals surface area contributed by atoms with Crippen LogP contribution < -0.4 is 0 Å². The molecule has 3 nitrogen and oxygen atoms in total. The Morgan fingerprint density at radius 1 is 1.44 bits per heavy atom. The van der Waals surface area contributed by atoms with Gasteiger partial charge in [-0.2, -0.15) is 0 Å². The number of methoxy groups -OCH3 is 1. The Balaban J connectivity index is 2.26. The fourth-order valence-electron chi connectivity index (χ4n) is 1.97. The Labute approximate surface area is 99.0 Å². The summed E-state index contributed by atoms with van der Waals surface area (Å²) in [5.41, 5.74) is 0.479. The van der Waals surface area contributed by atoms with Crippen LogP contribution in [0, 0.1) is 0 Å². The number of carbonyl (C=O) groups is 1. The quantitative estimate of drug-likeness (QED) is 0.821. The number of hydrogen-bond donors (Lipinski definition) is 1. The summed E-state index contributed by atoms with van der Waals surface area (Å²) in [5, 5.41) is 10.6. The van der Waals surface area contributed by atoms with Crippen LogP contribution in [0.25, 0.3) is 0 Å². The highest BCUT2D eigenvalue weighted by Crippen LogP contribution is 2.51. The Kier molecular flexibility index (Phi) is 2.91. The minimum atomic E-state index is -1.08. The first-order valence-electron chi connectivity index (χ1n) is 5.12. The van der Waals surface area contributed by atoms with Gasteiger partial charge in [-0.25, -0.2) is 4.79 Å². The van der Waals surface area contributed by atoms with Crippen molar-refractivity contribution in [3.63, 3.8) is 0 Å². The second-order valence-corrected chi connectivity index (χ2v) is 4.53. The molecule has 0 aromatic heterocycles. The molecule has 0 radical (unpaired) electrons. The molecule has 0 amide bonds. The van der Waals surface area contributed by atoms with E-state index in [9.17, 15) is 9.90 Å². The van der Waals surface area contributed by atoms with Crippen molar-refractivity contribution in [3.8, 4) is 0 Å². The summed E-state index contributed by atoms with van der Waals surface area (Å²) >= 11 is 5.80. The molecule has 0 heterocycles. The van der Waals surface area contributed by atoms with Crippen molar-refractivity contribution in [2.75, 3.05) is 7.11 Å². The maximum atomic E-state index is 11.3. The lowest BCUT2D eigenvalue weighted by atomic mass is 9.90. The van der Waals surface area contributed by atoms with Gasteiger partial charge in [0.1, 0.15) is 0 Å². The minimum absolute atomic E-state index is 0.461. The lowest BCUT2D eigenvalue weighted by molar-refractivity contribution is -0.152. The van der Waals surface area contributed by atoms with Crippen LogP contribution in [0.2, 0.25) is 5.02 Å². The predicted octanol–water partition coefficient (Wildman–Crippen LogP) is 1.91. The number of halogens is 1. The second-order valence-electron chi connectivity index (χ2n) is 4.09. The molecule has 1 aromatic rings. The summed E-state index contributed by atoms with van der Waals surface area (Å²) in [6, 6.07) is 7.23. The summed E-state index contributed by atoms with van der Waals surface area (Å²) in [4.78, 5) is 11.3. The molecular weight excluding hydrogens is 228 g/mol. The molecule has 1 aliphatic carbocycles. The van der Waals surface area contributed by atoms with Crippen LogP contribution in [0.5, 0.6) is 0 Å². The topological polar surface area (TPSA) is 46.5 Å². The highest BCUT2D eigenvalue weighted by molar-refractivity contribution is 6.30. The normalized spacial score (nSPS) is 18.9. The smallest absolute Gasteiger partial charge is 0.335 e. The molecule has 1 aromatic carbocycles. The average molecular weight is 241 g/mol. The summed E-state index contributed by atoms with van der Waals surface area (Å²) in [6.07, 6.45) is 0.508. The molecule has 1 fully saturated rings. The molecule has 0 bridgehead atoms. The number of aliphatic hydroxyl groups excluding tert-OH is 1. The lowest BCUT2D eigenvalue weighted by Crippen LogP contribution is -2.34. The maximum Gasteiger partial charge on any atom is 0.335 e. The van der Waals surface area contributed by atoms with Crippen LogP contribution in [0.3, 0.4) is 0 Å². The van der Waals surface area contributed by atoms with Crippen molar-refractivity contribution in [1.82, 2.24) is 0 Å². The highest BCUT2D eigenvalue weighted by Gasteiger charge is 2.53. The molecule has 16 heavy (non-hydrogen) atoms. The number of esters is 1. The molecular formula is C12H13ClO3. The lowest BCUT2D eigenvalue weighted by Gasteiger charge is -2.20. The van der Waals surface area contributed by atoms with E-state index in [4.69, 9.17) is 11.6 Å². The van der Waals surface area contributed by atoms with Crippen molar-refractivity contribution < 1.29 is 14.6 Å². The van der Waals surface area contributed by atoms with Gasteiger partial charge in [0.25, 0.3) is 0 Å². The van der Waals surface area contributed by atoms with Crippen molar-refractivity contribution in [3.05, 3.63) is 34.9 Å². The van der Waals surface area contributed by atoms with Crippen LogP contribution in [0.15, 0.2) is 24.3 Å². The van der Waals surface area contributed by atoms with Crippen LogP contribution in [0.4, 0.5) is 0 Å². The van der Waals surface area contributed by atoms with Gasteiger partial charge in [0.05, 0.1) is 7.11 Å². The van der Waals surface area contributed by atoms with E-state index < -0.39 is 17.5 Å². The highest BCUT2D eigenvalue weighted by atomic mass is 35.5. The Morgan fingerprint density at radius 3 is 2.44 bits per heavy atom. The van der Waals surface area contributed by atoms with Crippen LogP contribution >= 0.6 is 11.6 Å². The molecule has 1 saturated carbocycles. The standard InChI is InChI=1S/C12H13ClO3/c1-16-11(15)10(14)12(6-7-12)8-2-4-9(13)5-3-8/h2-5,10,14H,6-7H2,1H3. The molecule has 1 aliphatic rings. The van der Waals surface area contributed by atoms with Gasteiger partial charge < -0.3 is 9.84 Å². The van der Waals surface area contributed by atoms with Gasteiger partial charge in [0.2, 0.25) is 0 Å².